The smallest absolute Gasteiger partial charge is 0.304 e. The molecule has 2 aliphatic heterocycles. The maximum absolute atomic E-state index is 10.4. The highest BCUT2D eigenvalue weighted by Crippen LogP contribution is 2.32. The van der Waals surface area contributed by atoms with Gasteiger partial charge in [0.2, 0.25) is 5.95 Å². The molecule has 0 bridgehead atoms. The number of anilines is 1. The molecule has 38 heavy (non-hydrogen) atoms. The van der Waals surface area contributed by atoms with Gasteiger partial charge in [0.1, 0.15) is 5.82 Å². The number of rotatable bonds is 6. The normalized spacial score (nSPS) is 18.1. The van der Waals surface area contributed by atoms with Gasteiger partial charge in [-0.05, 0) is 57.8 Å². The number of methoxy groups -OCH3 is 1. The fraction of sp³-hybridized carbons (Fsp3) is 0.556. The number of aromatic nitrogens is 6. The van der Waals surface area contributed by atoms with Crippen LogP contribution in [0.5, 0.6) is 6.01 Å². The minimum absolute atomic E-state index is 0.320. The van der Waals surface area contributed by atoms with E-state index in [4.69, 9.17) is 24.4 Å². The lowest BCUT2D eigenvalue weighted by Crippen LogP contribution is -2.41. The molecule has 1 aromatic carbocycles. The molecule has 2 saturated heterocycles. The Hall–Kier alpha value is -3.28. The van der Waals surface area contributed by atoms with Gasteiger partial charge in [0.25, 0.3) is 0 Å². The van der Waals surface area contributed by atoms with Gasteiger partial charge in [0, 0.05) is 20.1 Å². The molecule has 0 unspecified atom stereocenters. The first-order valence-corrected chi connectivity index (χ1v) is 13.4. The molecule has 0 radical (unpaired) electrons. The zero-order valence-corrected chi connectivity index (χ0v) is 22.6. The van der Waals surface area contributed by atoms with Crippen LogP contribution in [0.3, 0.4) is 0 Å². The van der Waals surface area contributed by atoms with Crippen molar-refractivity contribution in [2.24, 2.45) is 13.0 Å². The van der Waals surface area contributed by atoms with Crippen molar-refractivity contribution in [2.75, 3.05) is 51.4 Å². The molecular weight excluding hydrogens is 484 g/mol. The molecule has 0 atom stereocenters. The van der Waals surface area contributed by atoms with Crippen molar-refractivity contribution in [2.45, 2.75) is 38.8 Å². The Kier molecular flexibility index (Phi) is 6.45. The highest BCUT2D eigenvalue weighted by molar-refractivity contribution is 5.86. The third-order valence-electron chi connectivity index (χ3n) is 7.96. The van der Waals surface area contributed by atoms with E-state index < -0.39 is 5.60 Å². The summed E-state index contributed by atoms with van der Waals surface area (Å²) in [6.07, 6.45) is 1.95. The molecule has 6 rings (SSSR count). The lowest BCUT2D eigenvalue weighted by atomic mass is 9.83. The topological polar surface area (TPSA) is 107 Å². The molecule has 0 amide bonds. The Bertz CT molecular complexity index is 1440. The number of likely N-dealkylation sites (tertiary alicyclic amines) is 1. The van der Waals surface area contributed by atoms with Gasteiger partial charge >= 0.3 is 6.01 Å². The van der Waals surface area contributed by atoms with Crippen LogP contribution in [0.25, 0.3) is 28.1 Å². The molecule has 202 valence electrons. The Morgan fingerprint density at radius 2 is 1.76 bits per heavy atom. The van der Waals surface area contributed by atoms with E-state index in [1.807, 2.05) is 49.7 Å². The highest BCUT2D eigenvalue weighted by Gasteiger charge is 2.31. The molecule has 4 aromatic rings. The van der Waals surface area contributed by atoms with E-state index in [0.29, 0.717) is 31.1 Å². The van der Waals surface area contributed by atoms with E-state index in [1.165, 1.54) is 0 Å². The number of piperidine rings is 1. The van der Waals surface area contributed by atoms with Crippen LogP contribution in [-0.2, 0) is 18.3 Å². The second kappa shape index (κ2) is 9.79. The molecule has 2 aliphatic rings. The number of para-hydroxylation sites is 2. The Balaban J connectivity index is 1.42. The largest absolute Gasteiger partial charge is 0.468 e. The van der Waals surface area contributed by atoms with Crippen LogP contribution in [-0.4, -0.2) is 91.2 Å². The second-order valence-electron chi connectivity index (χ2n) is 10.8. The van der Waals surface area contributed by atoms with E-state index in [9.17, 15) is 5.11 Å². The Morgan fingerprint density at radius 1 is 1.03 bits per heavy atom. The third kappa shape index (κ3) is 4.48. The number of ether oxygens (including phenoxy) is 2. The van der Waals surface area contributed by atoms with Crippen LogP contribution in [0.15, 0.2) is 24.3 Å². The van der Waals surface area contributed by atoms with E-state index in [-0.39, 0.29) is 0 Å². The van der Waals surface area contributed by atoms with Crippen LogP contribution < -0.4 is 9.64 Å². The summed E-state index contributed by atoms with van der Waals surface area (Å²) in [4.78, 5) is 24.4. The van der Waals surface area contributed by atoms with Crippen molar-refractivity contribution >= 4 is 28.0 Å². The number of benzene rings is 1. The minimum atomic E-state index is -0.637. The molecule has 0 aliphatic carbocycles. The molecule has 11 heteroatoms. The van der Waals surface area contributed by atoms with Crippen LogP contribution in [0.4, 0.5) is 5.82 Å². The summed E-state index contributed by atoms with van der Waals surface area (Å²) in [7, 11) is 3.64. The van der Waals surface area contributed by atoms with Crippen LogP contribution in [0.2, 0.25) is 0 Å². The van der Waals surface area contributed by atoms with Crippen LogP contribution in [0, 0.1) is 5.92 Å². The first-order valence-electron chi connectivity index (χ1n) is 13.4. The van der Waals surface area contributed by atoms with Crippen molar-refractivity contribution in [1.29, 1.82) is 0 Å². The summed E-state index contributed by atoms with van der Waals surface area (Å²) < 4.78 is 15.2. The maximum atomic E-state index is 10.4. The number of hydrogen-bond acceptors (Lipinski definition) is 9. The van der Waals surface area contributed by atoms with Gasteiger partial charge in [-0.15, -0.1) is 0 Å². The van der Waals surface area contributed by atoms with E-state index in [0.717, 1.165) is 79.4 Å². The van der Waals surface area contributed by atoms with Gasteiger partial charge in [-0.2, -0.15) is 15.0 Å². The standard InChI is InChI=1S/C27H36N8O3/c1-27(2,36)18-9-11-33(12-10-18)17-21-29-22-23(32(21)3)30-25(31-24(22)34-13-15-38-16-14-34)35-20-8-6-5-7-19(20)28-26(35)37-4/h5-8,18,36H,9-17H2,1-4H3. The molecule has 5 heterocycles. The fourth-order valence-electron chi connectivity index (χ4n) is 5.65. The summed E-state index contributed by atoms with van der Waals surface area (Å²) in [5.74, 6) is 2.58. The Morgan fingerprint density at radius 3 is 2.47 bits per heavy atom. The molecule has 11 nitrogen and oxygen atoms in total. The molecule has 0 saturated carbocycles. The number of aryl methyl sites for hydroxylation is 1. The van der Waals surface area contributed by atoms with Crippen molar-refractivity contribution in [3.8, 4) is 12.0 Å². The number of aliphatic hydroxyl groups is 1. The number of fused-ring (bicyclic) bond motifs is 2. The minimum Gasteiger partial charge on any atom is -0.468 e. The molecule has 2 fully saturated rings. The lowest BCUT2D eigenvalue weighted by Gasteiger charge is -2.37. The van der Waals surface area contributed by atoms with Gasteiger partial charge in [0.15, 0.2) is 17.0 Å². The van der Waals surface area contributed by atoms with Crippen molar-refractivity contribution in [1.82, 2.24) is 34.0 Å². The molecule has 0 spiro atoms. The maximum Gasteiger partial charge on any atom is 0.304 e. The van der Waals surface area contributed by atoms with Crippen molar-refractivity contribution < 1.29 is 14.6 Å². The van der Waals surface area contributed by atoms with Crippen LogP contribution in [0.1, 0.15) is 32.5 Å². The summed E-state index contributed by atoms with van der Waals surface area (Å²) in [6, 6.07) is 8.33. The third-order valence-corrected chi connectivity index (χ3v) is 7.96. The molecular formula is C27H36N8O3. The van der Waals surface area contributed by atoms with Gasteiger partial charge in [0.05, 0.1) is 43.5 Å². The van der Waals surface area contributed by atoms with Gasteiger partial charge in [-0.3, -0.25) is 4.90 Å². The zero-order chi connectivity index (χ0) is 26.4. The van der Waals surface area contributed by atoms with Gasteiger partial charge in [-0.25, -0.2) is 9.55 Å². The van der Waals surface area contributed by atoms with Gasteiger partial charge in [-0.1, -0.05) is 12.1 Å². The van der Waals surface area contributed by atoms with Crippen LogP contribution >= 0.6 is 0 Å². The van der Waals surface area contributed by atoms with E-state index in [1.54, 1.807) is 7.11 Å². The van der Waals surface area contributed by atoms with E-state index in [2.05, 4.69) is 19.4 Å². The first kappa shape index (κ1) is 25.0. The monoisotopic (exact) mass is 520 g/mol. The lowest BCUT2D eigenvalue weighted by molar-refractivity contribution is -0.0139. The van der Waals surface area contributed by atoms with E-state index >= 15 is 0 Å². The quantitative estimate of drug-likeness (QED) is 0.410. The molecule has 1 N–H and O–H groups in total. The Labute approximate surface area is 222 Å². The van der Waals surface area contributed by atoms with Crippen molar-refractivity contribution in [3.63, 3.8) is 0 Å². The predicted molar refractivity (Wildman–Crippen MR) is 145 cm³/mol. The summed E-state index contributed by atoms with van der Waals surface area (Å²) in [6.45, 7) is 9.20. The zero-order valence-electron chi connectivity index (χ0n) is 22.6. The van der Waals surface area contributed by atoms with Crippen molar-refractivity contribution in [3.05, 3.63) is 30.1 Å². The highest BCUT2D eigenvalue weighted by atomic mass is 16.5. The number of imidazole rings is 2. The molecule has 3 aromatic heterocycles. The average Bonchev–Trinajstić information content (AvgIpc) is 3.46. The average molecular weight is 521 g/mol. The summed E-state index contributed by atoms with van der Waals surface area (Å²) in [5.41, 5.74) is 2.64. The number of nitrogens with zero attached hydrogens (tertiary/aromatic N) is 8. The predicted octanol–water partition coefficient (Wildman–Crippen LogP) is 2.53. The number of hydrogen-bond donors (Lipinski definition) is 1. The van der Waals surface area contributed by atoms with Gasteiger partial charge < -0.3 is 24.0 Å². The summed E-state index contributed by atoms with van der Waals surface area (Å²) >= 11 is 0. The fourth-order valence-corrected chi connectivity index (χ4v) is 5.65. The first-order chi connectivity index (χ1) is 18.3. The SMILES string of the molecule is COc1nc2ccccc2n1-c1nc(N2CCOCC2)c2nc(CN3CCC(C(C)(C)O)CC3)n(C)c2n1. The number of morpholine rings is 1. The summed E-state index contributed by atoms with van der Waals surface area (Å²) in [5, 5.41) is 10.4. The second-order valence-corrected chi connectivity index (χ2v) is 10.8.